The summed E-state index contributed by atoms with van der Waals surface area (Å²) in [5.74, 6) is 0.784. The van der Waals surface area contributed by atoms with Gasteiger partial charge in [0.1, 0.15) is 12.4 Å². The van der Waals surface area contributed by atoms with Crippen LogP contribution in [0.5, 0.6) is 5.75 Å². The first-order valence-electron chi connectivity index (χ1n) is 12.3. The summed E-state index contributed by atoms with van der Waals surface area (Å²) in [5, 5.41) is 3.01. The van der Waals surface area contributed by atoms with Crippen LogP contribution in [0.1, 0.15) is 43.0 Å². The van der Waals surface area contributed by atoms with Crippen molar-refractivity contribution in [1.82, 2.24) is 4.90 Å². The number of amides is 1. The minimum atomic E-state index is -0.0628. The van der Waals surface area contributed by atoms with E-state index in [2.05, 4.69) is 68.2 Å². The van der Waals surface area contributed by atoms with Crippen molar-refractivity contribution in [2.45, 2.75) is 34.1 Å². The van der Waals surface area contributed by atoms with Crippen LogP contribution in [0.3, 0.4) is 0 Å². The Kier molecular flexibility index (Phi) is 7.49. The van der Waals surface area contributed by atoms with Crippen LogP contribution < -0.4 is 10.1 Å². The molecular formula is C30H34N2O2. The molecule has 0 spiro atoms. The Hall–Kier alpha value is -3.37. The van der Waals surface area contributed by atoms with E-state index in [1.165, 1.54) is 16.7 Å². The number of fused-ring (bicyclic) bond motifs is 1. The topological polar surface area (TPSA) is 41.6 Å². The highest BCUT2D eigenvalue weighted by atomic mass is 16.5. The molecule has 0 saturated heterocycles. The lowest BCUT2D eigenvalue weighted by Crippen LogP contribution is -2.27. The summed E-state index contributed by atoms with van der Waals surface area (Å²) in [6.07, 6.45) is 2.93. The van der Waals surface area contributed by atoms with Crippen LogP contribution in [0.2, 0.25) is 0 Å². The molecule has 0 aliphatic carbocycles. The van der Waals surface area contributed by atoms with E-state index in [4.69, 9.17) is 4.74 Å². The predicted octanol–water partition coefficient (Wildman–Crippen LogP) is 6.44. The second-order valence-electron chi connectivity index (χ2n) is 8.68. The average Bonchev–Trinajstić information content (AvgIpc) is 3.16. The van der Waals surface area contributed by atoms with Gasteiger partial charge in [-0.15, -0.1) is 0 Å². The standard InChI is InChI=1S/C30H34N2O2/c1-5-23-10-8-9-21(4)29(23)24-13-16-28-26(20-24)27(30(33)31-28)19-22-11-14-25(15-12-22)34-18-17-32(6-2)7-3/h8-16,19-20H,5-7,17-18H2,1-4H3,(H,31,33)/b27-19+. The zero-order chi connectivity index (χ0) is 24.1. The molecule has 1 aliphatic heterocycles. The van der Waals surface area contributed by atoms with Gasteiger partial charge in [0.15, 0.2) is 0 Å². The summed E-state index contributed by atoms with van der Waals surface area (Å²) in [5.41, 5.74) is 8.46. The molecule has 1 heterocycles. The Balaban J connectivity index is 1.57. The molecule has 1 N–H and O–H groups in total. The normalized spacial score (nSPS) is 13.9. The number of rotatable bonds is 9. The van der Waals surface area contributed by atoms with Gasteiger partial charge in [-0.2, -0.15) is 0 Å². The molecule has 0 saturated carbocycles. The summed E-state index contributed by atoms with van der Waals surface area (Å²) in [6, 6.07) is 20.7. The molecule has 1 aliphatic rings. The number of likely N-dealkylation sites (N-methyl/N-ethyl adjacent to an activating group) is 1. The molecule has 0 unspecified atom stereocenters. The first-order chi connectivity index (χ1) is 16.5. The Morgan fingerprint density at radius 1 is 0.971 bits per heavy atom. The third-order valence-corrected chi connectivity index (χ3v) is 6.59. The maximum atomic E-state index is 12.8. The van der Waals surface area contributed by atoms with Gasteiger partial charge in [-0.25, -0.2) is 0 Å². The van der Waals surface area contributed by atoms with E-state index in [0.29, 0.717) is 12.2 Å². The van der Waals surface area contributed by atoms with Crippen molar-refractivity contribution < 1.29 is 9.53 Å². The largest absolute Gasteiger partial charge is 0.492 e. The van der Waals surface area contributed by atoms with Crippen molar-refractivity contribution in [3.8, 4) is 16.9 Å². The Morgan fingerprint density at radius 2 is 1.74 bits per heavy atom. The lowest BCUT2D eigenvalue weighted by atomic mass is 9.91. The number of nitrogens with zero attached hydrogens (tertiary/aromatic N) is 1. The van der Waals surface area contributed by atoms with Crippen molar-refractivity contribution >= 4 is 23.2 Å². The molecule has 0 aromatic heterocycles. The number of benzene rings is 3. The first kappa shape index (κ1) is 23.8. The van der Waals surface area contributed by atoms with E-state index in [9.17, 15) is 4.79 Å². The summed E-state index contributed by atoms with van der Waals surface area (Å²) in [7, 11) is 0. The van der Waals surface area contributed by atoms with E-state index in [0.717, 1.165) is 54.2 Å². The monoisotopic (exact) mass is 454 g/mol. The maximum Gasteiger partial charge on any atom is 0.256 e. The lowest BCUT2D eigenvalue weighted by molar-refractivity contribution is -0.110. The number of carbonyl (C=O) groups is 1. The molecule has 0 radical (unpaired) electrons. The van der Waals surface area contributed by atoms with E-state index < -0.39 is 0 Å². The minimum Gasteiger partial charge on any atom is -0.492 e. The van der Waals surface area contributed by atoms with Gasteiger partial charge in [0, 0.05) is 23.4 Å². The summed E-state index contributed by atoms with van der Waals surface area (Å²) >= 11 is 0. The molecule has 34 heavy (non-hydrogen) atoms. The fourth-order valence-electron chi connectivity index (χ4n) is 4.58. The summed E-state index contributed by atoms with van der Waals surface area (Å²) < 4.78 is 5.90. The predicted molar refractivity (Wildman–Crippen MR) is 142 cm³/mol. The van der Waals surface area contributed by atoms with E-state index in [1.807, 2.05) is 36.4 Å². The van der Waals surface area contributed by atoms with Gasteiger partial charge >= 0.3 is 0 Å². The van der Waals surface area contributed by atoms with Crippen LogP contribution in [0.25, 0.3) is 22.8 Å². The van der Waals surface area contributed by atoms with Gasteiger partial charge in [0.2, 0.25) is 0 Å². The molecule has 1 amide bonds. The number of nitrogens with one attached hydrogen (secondary N) is 1. The van der Waals surface area contributed by atoms with Gasteiger partial charge in [-0.05, 0) is 84.6 Å². The van der Waals surface area contributed by atoms with E-state index >= 15 is 0 Å². The lowest BCUT2D eigenvalue weighted by Gasteiger charge is -2.18. The highest BCUT2D eigenvalue weighted by Crippen LogP contribution is 2.38. The third kappa shape index (κ3) is 5.07. The first-order valence-corrected chi connectivity index (χ1v) is 12.3. The Morgan fingerprint density at radius 3 is 2.44 bits per heavy atom. The third-order valence-electron chi connectivity index (χ3n) is 6.59. The summed E-state index contributed by atoms with van der Waals surface area (Å²) in [6.45, 7) is 12.3. The number of anilines is 1. The summed E-state index contributed by atoms with van der Waals surface area (Å²) in [4.78, 5) is 15.1. The second kappa shape index (κ2) is 10.7. The highest BCUT2D eigenvalue weighted by molar-refractivity contribution is 6.35. The molecule has 4 heteroatoms. The molecule has 0 bridgehead atoms. The highest BCUT2D eigenvalue weighted by Gasteiger charge is 2.25. The number of carbonyl (C=O) groups excluding carboxylic acids is 1. The molecular weight excluding hydrogens is 420 g/mol. The van der Waals surface area contributed by atoms with Gasteiger partial charge in [-0.1, -0.05) is 57.2 Å². The number of ether oxygens (including phenoxy) is 1. The van der Waals surface area contributed by atoms with Crippen LogP contribution in [-0.4, -0.2) is 37.0 Å². The van der Waals surface area contributed by atoms with Crippen LogP contribution in [0.4, 0.5) is 5.69 Å². The van der Waals surface area contributed by atoms with Crippen molar-refractivity contribution in [2.75, 3.05) is 31.6 Å². The SMILES string of the molecule is CCc1cccc(C)c1-c1ccc2c(c1)/C(=C\c1ccc(OCCN(CC)CC)cc1)C(=O)N2. The zero-order valence-electron chi connectivity index (χ0n) is 20.7. The molecule has 4 rings (SSSR count). The fraction of sp³-hybridized carbons (Fsp3) is 0.300. The van der Waals surface area contributed by atoms with Gasteiger partial charge < -0.3 is 15.0 Å². The minimum absolute atomic E-state index is 0.0628. The molecule has 0 fully saturated rings. The maximum absolute atomic E-state index is 12.8. The van der Waals surface area contributed by atoms with E-state index in [1.54, 1.807) is 0 Å². The number of aryl methyl sites for hydroxylation is 2. The average molecular weight is 455 g/mol. The van der Waals surface area contributed by atoms with Crippen molar-refractivity contribution in [2.24, 2.45) is 0 Å². The Bertz CT molecular complexity index is 1190. The smallest absolute Gasteiger partial charge is 0.256 e. The molecule has 3 aromatic rings. The molecule has 3 aromatic carbocycles. The van der Waals surface area contributed by atoms with Crippen LogP contribution in [0.15, 0.2) is 60.7 Å². The van der Waals surface area contributed by atoms with Gasteiger partial charge in [-0.3, -0.25) is 4.79 Å². The van der Waals surface area contributed by atoms with E-state index in [-0.39, 0.29) is 5.91 Å². The fourth-order valence-corrected chi connectivity index (χ4v) is 4.58. The molecule has 176 valence electrons. The molecule has 4 nitrogen and oxygen atoms in total. The van der Waals surface area contributed by atoms with Crippen LogP contribution in [-0.2, 0) is 11.2 Å². The number of hydrogen-bond acceptors (Lipinski definition) is 3. The Labute approximate surface area is 203 Å². The van der Waals surface area contributed by atoms with Crippen LogP contribution in [0, 0.1) is 6.92 Å². The van der Waals surface area contributed by atoms with Crippen molar-refractivity contribution in [1.29, 1.82) is 0 Å². The second-order valence-corrected chi connectivity index (χ2v) is 8.68. The van der Waals surface area contributed by atoms with Gasteiger partial charge in [0.25, 0.3) is 5.91 Å². The van der Waals surface area contributed by atoms with Gasteiger partial charge in [0.05, 0.1) is 0 Å². The quantitative estimate of drug-likeness (QED) is 0.378. The number of hydrogen-bond donors (Lipinski definition) is 1. The van der Waals surface area contributed by atoms with Crippen molar-refractivity contribution in [3.63, 3.8) is 0 Å². The molecule has 0 atom stereocenters. The zero-order valence-corrected chi connectivity index (χ0v) is 20.7. The van der Waals surface area contributed by atoms with Crippen LogP contribution >= 0.6 is 0 Å². The van der Waals surface area contributed by atoms with Crippen molar-refractivity contribution in [3.05, 3.63) is 82.9 Å².